The van der Waals surface area contributed by atoms with Crippen molar-refractivity contribution in [3.8, 4) is 0 Å². The molecule has 0 bridgehead atoms. The topological polar surface area (TPSA) is 139 Å². The molecule has 0 radical (unpaired) electrons. The minimum atomic E-state index is -0.496. The number of aromatic nitrogens is 4. The summed E-state index contributed by atoms with van der Waals surface area (Å²) in [6.07, 6.45) is 1.55. The Morgan fingerprint density at radius 1 is 1.06 bits per heavy atom. The monoisotopic (exact) mass is 421 g/mol. The van der Waals surface area contributed by atoms with E-state index in [1.54, 1.807) is 12.3 Å². The summed E-state index contributed by atoms with van der Waals surface area (Å²) in [5, 5.41) is 13.9. The first kappa shape index (κ1) is 20.4. The van der Waals surface area contributed by atoms with Crippen molar-refractivity contribution in [2.24, 2.45) is 0 Å². The van der Waals surface area contributed by atoms with Gasteiger partial charge in [0.15, 0.2) is 6.20 Å². The number of anilines is 4. The summed E-state index contributed by atoms with van der Waals surface area (Å²) in [5.41, 5.74) is 8.82. The predicted molar refractivity (Wildman–Crippen MR) is 117 cm³/mol. The molecule has 160 valence electrons. The van der Waals surface area contributed by atoms with Gasteiger partial charge in [-0.1, -0.05) is 17.7 Å². The molecular weight excluding hydrogens is 398 g/mol. The number of aryl methyl sites for hydroxylation is 1. The Balaban J connectivity index is 1.36. The summed E-state index contributed by atoms with van der Waals surface area (Å²) >= 11 is 0. The average Bonchev–Trinajstić information content (AvgIpc) is 2.76. The van der Waals surface area contributed by atoms with Crippen molar-refractivity contribution in [3.05, 3.63) is 64.1 Å². The van der Waals surface area contributed by atoms with E-state index in [1.807, 2.05) is 31.2 Å². The van der Waals surface area contributed by atoms with E-state index in [4.69, 9.17) is 5.73 Å². The van der Waals surface area contributed by atoms with Gasteiger partial charge in [-0.05, 0) is 35.0 Å². The highest BCUT2D eigenvalue weighted by Crippen LogP contribution is 2.19. The van der Waals surface area contributed by atoms with Crippen molar-refractivity contribution < 1.29 is 4.92 Å². The number of rotatable bonds is 6. The van der Waals surface area contributed by atoms with E-state index in [2.05, 4.69) is 35.1 Å². The lowest BCUT2D eigenvalue weighted by Crippen LogP contribution is -2.46. The summed E-state index contributed by atoms with van der Waals surface area (Å²) in [6.45, 7) is 5.72. The first-order valence-electron chi connectivity index (χ1n) is 9.88. The van der Waals surface area contributed by atoms with Crippen LogP contribution in [-0.2, 0) is 6.54 Å². The highest BCUT2D eigenvalue weighted by atomic mass is 16.6. The number of pyridine rings is 1. The Bertz CT molecular complexity index is 1050. The SMILES string of the molecule is Cc1ccc(Nc2nc(N)nc(CN3CCN(c4ccc([N+](=O)[O-])nc4)CC3)n2)cc1. The molecule has 1 aromatic carbocycles. The zero-order valence-electron chi connectivity index (χ0n) is 17.1. The van der Waals surface area contributed by atoms with E-state index in [-0.39, 0.29) is 11.8 Å². The predicted octanol–water partition coefficient (Wildman–Crippen LogP) is 2.13. The van der Waals surface area contributed by atoms with Crippen LogP contribution in [-0.4, -0.2) is 55.9 Å². The van der Waals surface area contributed by atoms with E-state index < -0.39 is 4.92 Å². The van der Waals surface area contributed by atoms with Crippen LogP contribution in [0.15, 0.2) is 42.6 Å². The molecule has 3 heterocycles. The normalized spacial score (nSPS) is 14.4. The number of nitrogen functional groups attached to an aromatic ring is 1. The molecule has 0 amide bonds. The van der Waals surface area contributed by atoms with Gasteiger partial charge in [0.05, 0.1) is 12.2 Å². The van der Waals surface area contributed by atoms with Crippen LogP contribution in [0, 0.1) is 17.0 Å². The largest absolute Gasteiger partial charge is 0.368 e. The van der Waals surface area contributed by atoms with Gasteiger partial charge in [0.2, 0.25) is 11.9 Å². The van der Waals surface area contributed by atoms with Crippen LogP contribution in [0.3, 0.4) is 0 Å². The molecule has 11 heteroatoms. The molecule has 0 unspecified atom stereocenters. The third kappa shape index (κ3) is 5.20. The smallest absolute Gasteiger partial charge is 0.363 e. The van der Waals surface area contributed by atoms with E-state index >= 15 is 0 Å². The Morgan fingerprint density at radius 3 is 2.45 bits per heavy atom. The summed E-state index contributed by atoms with van der Waals surface area (Å²) in [4.78, 5) is 31.5. The molecule has 0 atom stereocenters. The molecule has 3 aromatic rings. The third-order valence-electron chi connectivity index (χ3n) is 5.03. The number of hydrogen-bond donors (Lipinski definition) is 2. The summed E-state index contributed by atoms with van der Waals surface area (Å²) in [6, 6.07) is 11.1. The standard InChI is InChI=1S/C20H23N9O2/c1-14-2-4-15(5-3-14)23-20-25-17(24-19(21)26-20)13-27-8-10-28(11-9-27)16-6-7-18(22-12-16)29(30)31/h2-7,12H,8-11,13H2,1H3,(H3,21,23,24,25,26). The second-order valence-electron chi connectivity index (χ2n) is 7.32. The highest BCUT2D eigenvalue weighted by molar-refractivity contribution is 5.54. The van der Waals surface area contributed by atoms with Gasteiger partial charge in [-0.3, -0.25) is 4.90 Å². The second-order valence-corrected chi connectivity index (χ2v) is 7.32. The van der Waals surface area contributed by atoms with Gasteiger partial charge in [0.1, 0.15) is 5.82 Å². The first-order valence-corrected chi connectivity index (χ1v) is 9.88. The Kier molecular flexibility index (Phi) is 5.85. The van der Waals surface area contributed by atoms with E-state index in [0.29, 0.717) is 18.3 Å². The highest BCUT2D eigenvalue weighted by Gasteiger charge is 2.20. The van der Waals surface area contributed by atoms with Crippen LogP contribution < -0.4 is 16.0 Å². The molecule has 1 aliphatic heterocycles. The summed E-state index contributed by atoms with van der Waals surface area (Å²) < 4.78 is 0. The van der Waals surface area contributed by atoms with E-state index in [9.17, 15) is 10.1 Å². The lowest BCUT2D eigenvalue weighted by Gasteiger charge is -2.35. The number of piperazine rings is 1. The van der Waals surface area contributed by atoms with Crippen LogP contribution in [0.4, 0.5) is 29.1 Å². The maximum atomic E-state index is 10.8. The van der Waals surface area contributed by atoms with Crippen LogP contribution in [0.2, 0.25) is 0 Å². The molecule has 1 aliphatic rings. The minimum Gasteiger partial charge on any atom is -0.368 e. The Hall–Kier alpha value is -3.86. The minimum absolute atomic E-state index is 0.148. The molecule has 1 saturated heterocycles. The number of nitrogens with one attached hydrogen (secondary N) is 1. The van der Waals surface area contributed by atoms with Crippen molar-refractivity contribution in [2.75, 3.05) is 42.1 Å². The number of nitro groups is 1. The molecule has 2 aromatic heterocycles. The lowest BCUT2D eigenvalue weighted by atomic mass is 10.2. The third-order valence-corrected chi connectivity index (χ3v) is 5.03. The number of nitrogens with two attached hydrogens (primary N) is 1. The van der Waals surface area contributed by atoms with Crippen molar-refractivity contribution in [1.82, 2.24) is 24.8 Å². The first-order chi connectivity index (χ1) is 15.0. The zero-order valence-corrected chi connectivity index (χ0v) is 17.1. The molecule has 3 N–H and O–H groups in total. The second kappa shape index (κ2) is 8.88. The van der Waals surface area contributed by atoms with Crippen molar-refractivity contribution in [3.63, 3.8) is 0 Å². The molecule has 31 heavy (non-hydrogen) atoms. The fourth-order valence-corrected chi connectivity index (χ4v) is 3.37. The van der Waals surface area contributed by atoms with E-state index in [0.717, 1.165) is 37.6 Å². The Labute approximate surface area is 179 Å². The van der Waals surface area contributed by atoms with Crippen molar-refractivity contribution in [1.29, 1.82) is 0 Å². The summed E-state index contributed by atoms with van der Waals surface area (Å²) in [5.74, 6) is 1.05. The van der Waals surface area contributed by atoms with Crippen LogP contribution >= 0.6 is 0 Å². The molecule has 0 spiro atoms. The molecular formula is C20H23N9O2. The van der Waals surface area contributed by atoms with Gasteiger partial charge in [0.25, 0.3) is 0 Å². The molecule has 0 aliphatic carbocycles. The van der Waals surface area contributed by atoms with Crippen LogP contribution in [0.5, 0.6) is 0 Å². The average molecular weight is 421 g/mol. The van der Waals surface area contributed by atoms with Crippen molar-refractivity contribution in [2.45, 2.75) is 13.5 Å². The van der Waals surface area contributed by atoms with Crippen LogP contribution in [0.1, 0.15) is 11.4 Å². The number of hydrogen-bond acceptors (Lipinski definition) is 10. The van der Waals surface area contributed by atoms with Gasteiger partial charge in [0, 0.05) is 37.9 Å². The quantitative estimate of drug-likeness (QED) is 0.449. The van der Waals surface area contributed by atoms with Gasteiger partial charge in [-0.25, -0.2) is 0 Å². The van der Waals surface area contributed by atoms with E-state index in [1.165, 1.54) is 11.6 Å². The molecule has 1 fully saturated rings. The lowest BCUT2D eigenvalue weighted by molar-refractivity contribution is -0.389. The summed E-state index contributed by atoms with van der Waals surface area (Å²) in [7, 11) is 0. The van der Waals surface area contributed by atoms with Gasteiger partial charge < -0.3 is 26.1 Å². The van der Waals surface area contributed by atoms with Gasteiger partial charge >= 0.3 is 5.82 Å². The number of nitrogens with zero attached hydrogens (tertiary/aromatic N) is 7. The molecule has 4 rings (SSSR count). The van der Waals surface area contributed by atoms with Gasteiger partial charge in [-0.15, -0.1) is 0 Å². The van der Waals surface area contributed by atoms with Crippen molar-refractivity contribution >= 4 is 29.1 Å². The fraction of sp³-hybridized carbons (Fsp3) is 0.300. The maximum absolute atomic E-state index is 10.8. The van der Waals surface area contributed by atoms with Gasteiger partial charge in [-0.2, -0.15) is 15.0 Å². The zero-order chi connectivity index (χ0) is 21.8. The number of benzene rings is 1. The molecule has 0 saturated carbocycles. The fourth-order valence-electron chi connectivity index (χ4n) is 3.37. The Morgan fingerprint density at radius 2 is 1.81 bits per heavy atom. The molecule has 11 nitrogen and oxygen atoms in total. The maximum Gasteiger partial charge on any atom is 0.363 e. The van der Waals surface area contributed by atoms with Crippen LogP contribution in [0.25, 0.3) is 0 Å².